The van der Waals surface area contributed by atoms with Crippen molar-refractivity contribution in [1.82, 2.24) is 0 Å². The van der Waals surface area contributed by atoms with Crippen molar-refractivity contribution in [2.75, 3.05) is 14.2 Å². The molecule has 0 unspecified atom stereocenters. The van der Waals surface area contributed by atoms with Crippen LogP contribution in [0.25, 0.3) is 0 Å². The molecule has 0 aromatic heterocycles. The largest absolute Gasteiger partial charge is 0.387 e. The minimum atomic E-state index is -0.889. The maximum absolute atomic E-state index is 10.2. The topological polar surface area (TPSA) is 77.4 Å². The van der Waals surface area contributed by atoms with Crippen LogP contribution in [-0.2, 0) is 18.9 Å². The van der Waals surface area contributed by atoms with E-state index in [0.29, 0.717) is 0 Å². The number of hydrogen-bond donors (Lipinski definition) is 2. The van der Waals surface area contributed by atoms with Gasteiger partial charge in [0.2, 0.25) is 0 Å². The van der Waals surface area contributed by atoms with E-state index in [1.165, 1.54) is 14.2 Å². The third-order valence-corrected chi connectivity index (χ3v) is 3.38. The van der Waals surface area contributed by atoms with Crippen molar-refractivity contribution in [1.29, 1.82) is 0 Å². The van der Waals surface area contributed by atoms with Crippen molar-refractivity contribution in [2.24, 2.45) is 0 Å². The van der Waals surface area contributed by atoms with Crippen LogP contribution < -0.4 is 0 Å². The van der Waals surface area contributed by atoms with Crippen LogP contribution in [0.4, 0.5) is 0 Å². The Morgan fingerprint density at radius 2 is 1.24 bits per heavy atom. The highest BCUT2D eigenvalue weighted by molar-refractivity contribution is 5.04. The minimum absolute atomic E-state index is 0.601. The Morgan fingerprint density at radius 3 is 1.53 bits per heavy atom. The number of rotatable bonds is 2. The summed E-state index contributed by atoms with van der Waals surface area (Å²) in [7, 11) is 2.93. The van der Waals surface area contributed by atoms with E-state index in [1.54, 1.807) is 13.8 Å². The van der Waals surface area contributed by atoms with Crippen LogP contribution in [0.3, 0.4) is 0 Å². The maximum Gasteiger partial charge on any atom is 0.164 e. The molecule has 1 saturated heterocycles. The predicted molar refractivity (Wildman–Crippen MR) is 57.4 cm³/mol. The van der Waals surface area contributed by atoms with E-state index in [-0.39, 0.29) is 0 Å². The fraction of sp³-hybridized carbons (Fsp3) is 1.00. The van der Waals surface area contributed by atoms with Gasteiger partial charge < -0.3 is 29.2 Å². The summed E-state index contributed by atoms with van der Waals surface area (Å²) in [5.74, 6) is -0.821. The third kappa shape index (κ3) is 2.09. The highest BCUT2D eigenvalue weighted by atomic mass is 16.8. The second-order valence-corrected chi connectivity index (χ2v) is 4.95. The Kier molecular flexibility index (Phi) is 3.46. The fourth-order valence-electron chi connectivity index (χ4n) is 2.66. The van der Waals surface area contributed by atoms with Crippen molar-refractivity contribution >= 4 is 0 Å². The zero-order valence-electron chi connectivity index (χ0n) is 10.5. The molecule has 17 heavy (non-hydrogen) atoms. The van der Waals surface area contributed by atoms with Crippen molar-refractivity contribution < 1.29 is 29.2 Å². The number of fused-ring (bicyclic) bond motifs is 1. The Bertz CT molecular complexity index is 255. The first-order chi connectivity index (χ1) is 7.91. The molecule has 6 atom stereocenters. The fourth-order valence-corrected chi connectivity index (χ4v) is 2.66. The van der Waals surface area contributed by atoms with E-state index in [4.69, 9.17) is 18.9 Å². The summed E-state index contributed by atoms with van der Waals surface area (Å²) in [4.78, 5) is 0. The van der Waals surface area contributed by atoms with Gasteiger partial charge in [0.05, 0.1) is 0 Å². The zero-order valence-corrected chi connectivity index (χ0v) is 10.5. The van der Waals surface area contributed by atoms with Crippen molar-refractivity contribution in [3.8, 4) is 0 Å². The van der Waals surface area contributed by atoms with Crippen LogP contribution in [0.1, 0.15) is 13.8 Å². The van der Waals surface area contributed by atoms with Gasteiger partial charge in [-0.15, -0.1) is 0 Å². The molecule has 2 N–H and O–H groups in total. The van der Waals surface area contributed by atoms with E-state index in [0.717, 1.165) is 0 Å². The van der Waals surface area contributed by atoms with Gasteiger partial charge in [0.25, 0.3) is 0 Å². The molecule has 2 fully saturated rings. The first-order valence-electron chi connectivity index (χ1n) is 5.68. The average Bonchev–Trinajstić information content (AvgIpc) is 2.59. The maximum atomic E-state index is 10.2. The van der Waals surface area contributed by atoms with E-state index < -0.39 is 42.4 Å². The molecule has 0 aromatic rings. The lowest BCUT2D eigenvalue weighted by Crippen LogP contribution is -2.63. The molecular weight excluding hydrogens is 228 g/mol. The summed E-state index contributed by atoms with van der Waals surface area (Å²) in [6, 6.07) is 0. The van der Waals surface area contributed by atoms with Crippen LogP contribution in [0, 0.1) is 0 Å². The van der Waals surface area contributed by atoms with Crippen LogP contribution in [-0.4, -0.2) is 66.8 Å². The summed E-state index contributed by atoms with van der Waals surface area (Å²) in [6.45, 7) is 3.49. The number of ether oxygens (including phenoxy) is 4. The molecule has 0 bridgehead atoms. The standard InChI is InChI=1S/C11H20O6/c1-11(2)16-9-5(12)7(14-3)8(15-4)6(13)10(9)17-11/h5-10,12-13H,1-4H3/t5-,6-,7-,8-,9-,10+/m1/s1. The smallest absolute Gasteiger partial charge is 0.164 e. The summed E-state index contributed by atoms with van der Waals surface area (Å²) in [5.41, 5.74) is 0. The quantitative estimate of drug-likeness (QED) is 0.671. The van der Waals surface area contributed by atoms with Gasteiger partial charge in [-0.05, 0) is 13.8 Å². The number of hydrogen-bond acceptors (Lipinski definition) is 6. The summed E-state index contributed by atoms with van der Waals surface area (Å²) in [5, 5.41) is 20.3. The van der Waals surface area contributed by atoms with E-state index in [1.807, 2.05) is 0 Å². The SMILES string of the molecule is CO[C@@H]1[C@@H](O)[C@H]2OC(C)(C)O[C@H]2[C@H](O)[C@H]1OC. The third-order valence-electron chi connectivity index (χ3n) is 3.38. The van der Waals surface area contributed by atoms with Gasteiger partial charge in [-0.1, -0.05) is 0 Å². The summed E-state index contributed by atoms with van der Waals surface area (Å²) < 4.78 is 21.6. The van der Waals surface area contributed by atoms with Gasteiger partial charge in [0, 0.05) is 14.2 Å². The van der Waals surface area contributed by atoms with Crippen LogP contribution in [0.15, 0.2) is 0 Å². The Balaban J connectivity index is 2.25. The van der Waals surface area contributed by atoms with E-state index in [2.05, 4.69) is 0 Å². The molecule has 2 aliphatic rings. The number of aliphatic hydroxyl groups is 2. The molecular formula is C11H20O6. The predicted octanol–water partition coefficient (Wildman–Crippen LogP) is -0.728. The molecule has 100 valence electrons. The Morgan fingerprint density at radius 1 is 0.882 bits per heavy atom. The van der Waals surface area contributed by atoms with Crippen molar-refractivity contribution in [3.63, 3.8) is 0 Å². The number of aliphatic hydroxyl groups excluding tert-OH is 2. The van der Waals surface area contributed by atoms with Gasteiger partial charge in [0.15, 0.2) is 5.79 Å². The van der Waals surface area contributed by atoms with Crippen molar-refractivity contribution in [3.05, 3.63) is 0 Å². The highest BCUT2D eigenvalue weighted by Gasteiger charge is 2.58. The normalized spacial score (nSPS) is 49.1. The zero-order chi connectivity index (χ0) is 12.8. The molecule has 1 aliphatic heterocycles. The molecule has 2 rings (SSSR count). The Hall–Kier alpha value is -0.240. The molecule has 0 spiro atoms. The molecule has 0 aromatic carbocycles. The van der Waals surface area contributed by atoms with Gasteiger partial charge in [-0.2, -0.15) is 0 Å². The lowest BCUT2D eigenvalue weighted by Gasteiger charge is -2.42. The van der Waals surface area contributed by atoms with Gasteiger partial charge in [-0.3, -0.25) is 0 Å². The monoisotopic (exact) mass is 248 g/mol. The lowest BCUT2D eigenvalue weighted by atomic mass is 9.85. The van der Waals surface area contributed by atoms with Crippen LogP contribution >= 0.6 is 0 Å². The first-order valence-corrected chi connectivity index (χ1v) is 5.68. The second kappa shape index (κ2) is 4.46. The minimum Gasteiger partial charge on any atom is -0.387 e. The molecule has 1 heterocycles. The van der Waals surface area contributed by atoms with E-state index >= 15 is 0 Å². The van der Waals surface area contributed by atoms with Gasteiger partial charge >= 0.3 is 0 Å². The number of methoxy groups -OCH3 is 2. The Labute approximate surface area is 100 Å². The first kappa shape index (κ1) is 13.2. The molecule has 0 amide bonds. The van der Waals surface area contributed by atoms with Crippen LogP contribution in [0.2, 0.25) is 0 Å². The molecule has 6 nitrogen and oxygen atoms in total. The molecule has 1 saturated carbocycles. The second-order valence-electron chi connectivity index (χ2n) is 4.95. The summed E-state index contributed by atoms with van der Waals surface area (Å²) >= 11 is 0. The van der Waals surface area contributed by atoms with E-state index in [9.17, 15) is 10.2 Å². The summed E-state index contributed by atoms with van der Waals surface area (Å²) in [6.07, 6.45) is -4.24. The van der Waals surface area contributed by atoms with Crippen molar-refractivity contribution in [2.45, 2.75) is 56.3 Å². The molecule has 6 heteroatoms. The molecule has 1 aliphatic carbocycles. The molecule has 0 radical (unpaired) electrons. The van der Waals surface area contributed by atoms with Gasteiger partial charge in [-0.25, -0.2) is 0 Å². The highest BCUT2D eigenvalue weighted by Crippen LogP contribution is 2.38. The lowest BCUT2D eigenvalue weighted by molar-refractivity contribution is -0.208. The average molecular weight is 248 g/mol. The van der Waals surface area contributed by atoms with Crippen LogP contribution in [0.5, 0.6) is 0 Å². The van der Waals surface area contributed by atoms with Gasteiger partial charge in [0.1, 0.15) is 36.6 Å².